The molecule has 0 radical (unpaired) electrons. The van der Waals surface area contributed by atoms with Gasteiger partial charge in [-0.2, -0.15) is 10.2 Å². The second-order valence-electron chi connectivity index (χ2n) is 5.90. The van der Waals surface area contributed by atoms with E-state index in [9.17, 15) is 5.26 Å². The molecule has 1 unspecified atom stereocenters. The van der Waals surface area contributed by atoms with Crippen LogP contribution in [0.15, 0.2) is 35.1 Å². The zero-order valence-electron chi connectivity index (χ0n) is 13.3. The maximum atomic E-state index is 9.53. The fourth-order valence-electron chi connectivity index (χ4n) is 3.12. The van der Waals surface area contributed by atoms with Crippen LogP contribution in [0, 0.1) is 18.3 Å². The maximum Gasteiger partial charge on any atom is 0.223 e. The van der Waals surface area contributed by atoms with Crippen LogP contribution in [0.1, 0.15) is 28.9 Å². The highest BCUT2D eigenvalue weighted by atomic mass is 16.5. The van der Waals surface area contributed by atoms with Crippen molar-refractivity contribution in [2.45, 2.75) is 19.6 Å². The van der Waals surface area contributed by atoms with Crippen LogP contribution in [0.4, 0.5) is 0 Å². The minimum Gasteiger partial charge on any atom is -0.367 e. The van der Waals surface area contributed by atoms with E-state index in [1.807, 2.05) is 35.0 Å². The number of ether oxygens (including phenoxy) is 1. The number of aromatic nitrogens is 3. The van der Waals surface area contributed by atoms with Crippen molar-refractivity contribution < 1.29 is 9.26 Å². The van der Waals surface area contributed by atoms with Crippen LogP contribution in [-0.4, -0.2) is 39.1 Å². The Kier molecular flexibility index (Phi) is 3.76. The van der Waals surface area contributed by atoms with E-state index < -0.39 is 0 Å². The highest BCUT2D eigenvalue weighted by Crippen LogP contribution is 2.24. The smallest absolute Gasteiger partial charge is 0.223 e. The first-order valence-corrected chi connectivity index (χ1v) is 7.87. The molecule has 122 valence electrons. The minimum absolute atomic E-state index is 0.196. The Morgan fingerprint density at radius 2 is 2.33 bits per heavy atom. The predicted molar refractivity (Wildman–Crippen MR) is 85.1 cm³/mol. The molecule has 0 spiro atoms. The van der Waals surface area contributed by atoms with Crippen molar-refractivity contribution in [1.82, 2.24) is 19.4 Å². The standard InChI is InChI=1S/C17H17N5O2/c1-12-19-17(20-24-12)16-11-21(6-7-23-16)9-13-10-22-5-3-2-4-15(22)14(13)8-18/h2-5,10,16H,6-7,9,11H2,1H3. The van der Waals surface area contributed by atoms with E-state index >= 15 is 0 Å². The number of aryl methyl sites for hydroxylation is 1. The first-order chi connectivity index (χ1) is 11.7. The van der Waals surface area contributed by atoms with Gasteiger partial charge in [0.05, 0.1) is 17.7 Å². The van der Waals surface area contributed by atoms with E-state index in [2.05, 4.69) is 21.1 Å². The summed E-state index contributed by atoms with van der Waals surface area (Å²) in [6.45, 7) is 4.55. The van der Waals surface area contributed by atoms with Gasteiger partial charge >= 0.3 is 0 Å². The quantitative estimate of drug-likeness (QED) is 0.734. The highest BCUT2D eigenvalue weighted by Gasteiger charge is 2.26. The first kappa shape index (κ1) is 14.9. The monoisotopic (exact) mass is 323 g/mol. The molecule has 7 nitrogen and oxygen atoms in total. The molecule has 7 heteroatoms. The van der Waals surface area contributed by atoms with Gasteiger partial charge in [-0.15, -0.1) is 0 Å². The van der Waals surface area contributed by atoms with Gasteiger partial charge in [-0.25, -0.2) is 0 Å². The molecule has 1 atom stereocenters. The SMILES string of the molecule is Cc1nc(C2CN(Cc3cn4ccccc4c3C#N)CCO2)no1. The zero-order chi connectivity index (χ0) is 16.5. The van der Waals surface area contributed by atoms with E-state index in [0.29, 0.717) is 31.4 Å². The van der Waals surface area contributed by atoms with E-state index in [0.717, 1.165) is 23.2 Å². The Labute approximate surface area is 139 Å². The number of rotatable bonds is 3. The molecule has 3 aromatic rings. The summed E-state index contributed by atoms with van der Waals surface area (Å²) in [5, 5.41) is 13.5. The summed E-state index contributed by atoms with van der Waals surface area (Å²) in [5.74, 6) is 1.12. The Balaban J connectivity index is 1.56. The molecule has 1 saturated heterocycles. The van der Waals surface area contributed by atoms with Gasteiger partial charge in [0.15, 0.2) is 0 Å². The van der Waals surface area contributed by atoms with Crippen LogP contribution >= 0.6 is 0 Å². The third kappa shape index (κ3) is 2.66. The summed E-state index contributed by atoms with van der Waals surface area (Å²) in [5.41, 5.74) is 2.69. The lowest BCUT2D eigenvalue weighted by Gasteiger charge is -2.31. The number of hydrogen-bond acceptors (Lipinski definition) is 6. The van der Waals surface area contributed by atoms with Crippen molar-refractivity contribution in [3.05, 3.63) is 53.4 Å². The fourth-order valence-corrected chi connectivity index (χ4v) is 3.12. The second kappa shape index (κ2) is 6.07. The highest BCUT2D eigenvalue weighted by molar-refractivity contribution is 5.65. The first-order valence-electron chi connectivity index (χ1n) is 7.87. The van der Waals surface area contributed by atoms with Crippen LogP contribution in [0.25, 0.3) is 5.52 Å². The lowest BCUT2D eigenvalue weighted by Crippen LogP contribution is -2.38. The van der Waals surface area contributed by atoms with Gasteiger partial charge in [0.2, 0.25) is 11.7 Å². The van der Waals surface area contributed by atoms with Gasteiger partial charge in [-0.3, -0.25) is 4.90 Å². The van der Waals surface area contributed by atoms with Crippen molar-refractivity contribution >= 4 is 5.52 Å². The molecule has 0 N–H and O–H groups in total. The van der Waals surface area contributed by atoms with Crippen molar-refractivity contribution in [2.24, 2.45) is 0 Å². The molecular weight excluding hydrogens is 306 g/mol. The third-order valence-corrected chi connectivity index (χ3v) is 4.25. The topological polar surface area (TPSA) is 79.6 Å². The molecule has 1 aliphatic heterocycles. The lowest BCUT2D eigenvalue weighted by molar-refractivity contribution is -0.0380. The van der Waals surface area contributed by atoms with E-state index in [-0.39, 0.29) is 6.10 Å². The molecule has 1 aliphatic rings. The van der Waals surface area contributed by atoms with Gasteiger partial charge in [-0.05, 0) is 12.1 Å². The summed E-state index contributed by atoms with van der Waals surface area (Å²) >= 11 is 0. The van der Waals surface area contributed by atoms with Crippen molar-refractivity contribution in [3.63, 3.8) is 0 Å². The fraction of sp³-hybridized carbons (Fsp3) is 0.353. The van der Waals surface area contributed by atoms with Crippen LogP contribution in [0.2, 0.25) is 0 Å². The van der Waals surface area contributed by atoms with E-state index in [1.165, 1.54) is 0 Å². The molecule has 0 saturated carbocycles. The number of pyridine rings is 1. The summed E-state index contributed by atoms with van der Waals surface area (Å²) < 4.78 is 12.8. The molecule has 0 aromatic carbocycles. The van der Waals surface area contributed by atoms with E-state index in [4.69, 9.17) is 9.26 Å². The van der Waals surface area contributed by atoms with Crippen LogP contribution < -0.4 is 0 Å². The average molecular weight is 323 g/mol. The largest absolute Gasteiger partial charge is 0.367 e. The summed E-state index contributed by atoms with van der Waals surface area (Å²) in [6, 6.07) is 8.21. The molecule has 0 aliphatic carbocycles. The summed E-state index contributed by atoms with van der Waals surface area (Å²) in [7, 11) is 0. The molecule has 1 fully saturated rings. The van der Waals surface area contributed by atoms with E-state index in [1.54, 1.807) is 6.92 Å². The van der Waals surface area contributed by atoms with Crippen molar-refractivity contribution in [2.75, 3.05) is 19.7 Å². The van der Waals surface area contributed by atoms with Gasteiger partial charge in [0.1, 0.15) is 12.2 Å². The zero-order valence-corrected chi connectivity index (χ0v) is 13.3. The molecule has 0 bridgehead atoms. The van der Waals surface area contributed by atoms with Crippen LogP contribution in [0.3, 0.4) is 0 Å². The molecule has 3 aromatic heterocycles. The molecule has 0 amide bonds. The second-order valence-corrected chi connectivity index (χ2v) is 5.90. The van der Waals surface area contributed by atoms with Gasteiger partial charge in [0, 0.05) is 44.5 Å². The number of hydrogen-bond donors (Lipinski definition) is 0. The summed E-state index contributed by atoms with van der Waals surface area (Å²) in [6.07, 6.45) is 3.79. The van der Waals surface area contributed by atoms with Crippen LogP contribution in [0.5, 0.6) is 0 Å². The van der Waals surface area contributed by atoms with Gasteiger partial charge in [-0.1, -0.05) is 11.2 Å². The summed E-state index contributed by atoms with van der Waals surface area (Å²) in [4.78, 5) is 6.52. The number of morpholine rings is 1. The minimum atomic E-state index is -0.196. The molecule has 24 heavy (non-hydrogen) atoms. The molecular formula is C17H17N5O2. The Morgan fingerprint density at radius 3 is 3.12 bits per heavy atom. The molecule has 4 rings (SSSR count). The number of fused-ring (bicyclic) bond motifs is 1. The lowest BCUT2D eigenvalue weighted by atomic mass is 10.1. The average Bonchev–Trinajstić information content (AvgIpc) is 3.18. The third-order valence-electron chi connectivity index (χ3n) is 4.25. The van der Waals surface area contributed by atoms with Gasteiger partial charge in [0.25, 0.3) is 0 Å². The van der Waals surface area contributed by atoms with Gasteiger partial charge < -0.3 is 13.7 Å². The Bertz CT molecular complexity index is 907. The maximum absolute atomic E-state index is 9.53. The Hall–Kier alpha value is -2.69. The Morgan fingerprint density at radius 1 is 1.42 bits per heavy atom. The predicted octanol–water partition coefficient (Wildman–Crippen LogP) is 2.08. The van der Waals surface area contributed by atoms with Crippen LogP contribution in [-0.2, 0) is 11.3 Å². The molecule has 4 heterocycles. The number of nitrogens with zero attached hydrogens (tertiary/aromatic N) is 5. The van der Waals surface area contributed by atoms with Crippen molar-refractivity contribution in [3.8, 4) is 6.07 Å². The normalized spacial score (nSPS) is 18.8. The van der Waals surface area contributed by atoms with Crippen molar-refractivity contribution in [1.29, 1.82) is 5.26 Å². The number of nitriles is 1.